The quantitative estimate of drug-likeness (QED) is 0.831. The maximum absolute atomic E-state index is 13.8. The van der Waals surface area contributed by atoms with Gasteiger partial charge in [-0.3, -0.25) is 0 Å². The molecule has 0 saturated heterocycles. The van der Waals surface area contributed by atoms with Gasteiger partial charge in [-0.2, -0.15) is 4.37 Å². The Balaban J connectivity index is 2.06. The van der Waals surface area contributed by atoms with Crippen LogP contribution < -0.4 is 5.32 Å². The summed E-state index contributed by atoms with van der Waals surface area (Å²) in [5.41, 5.74) is 1.06. The lowest BCUT2D eigenvalue weighted by atomic mass is 10.1. The minimum atomic E-state index is -0.423. The van der Waals surface area contributed by atoms with Crippen molar-refractivity contribution >= 4 is 23.1 Å². The van der Waals surface area contributed by atoms with Gasteiger partial charge in [0.1, 0.15) is 0 Å². The zero-order valence-corrected chi connectivity index (χ0v) is 12.0. The monoisotopic (exact) mass is 300 g/mol. The first-order chi connectivity index (χ1) is 9.22. The zero-order chi connectivity index (χ0) is 13.7. The van der Waals surface area contributed by atoms with E-state index in [1.54, 1.807) is 19.2 Å². The Labute approximate surface area is 120 Å². The summed E-state index contributed by atoms with van der Waals surface area (Å²) in [6.07, 6.45) is 0. The molecular formula is C13H14ClFN2OS. The van der Waals surface area contributed by atoms with E-state index in [2.05, 4.69) is 9.69 Å². The maximum atomic E-state index is 13.8. The first-order valence-corrected chi connectivity index (χ1v) is 6.97. The minimum absolute atomic E-state index is 0.116. The molecule has 1 aromatic carbocycles. The van der Waals surface area contributed by atoms with E-state index in [1.165, 1.54) is 17.6 Å². The van der Waals surface area contributed by atoms with Crippen LogP contribution in [0.1, 0.15) is 4.88 Å². The second-order valence-electron chi connectivity index (χ2n) is 3.95. The Morgan fingerprint density at radius 1 is 1.47 bits per heavy atom. The second kappa shape index (κ2) is 6.96. The number of methoxy groups -OCH3 is 1. The van der Waals surface area contributed by atoms with E-state index in [0.717, 1.165) is 11.4 Å². The molecule has 2 aromatic rings. The highest BCUT2D eigenvalue weighted by molar-refractivity contribution is 7.06. The summed E-state index contributed by atoms with van der Waals surface area (Å²) < 4.78 is 23.1. The molecule has 0 unspecified atom stereocenters. The van der Waals surface area contributed by atoms with Crippen LogP contribution in [-0.2, 0) is 11.3 Å². The van der Waals surface area contributed by atoms with Gasteiger partial charge < -0.3 is 10.1 Å². The number of hydrogen-bond donors (Lipinski definition) is 1. The fourth-order valence-electron chi connectivity index (χ4n) is 1.61. The van der Waals surface area contributed by atoms with Crippen molar-refractivity contribution in [3.8, 4) is 11.3 Å². The summed E-state index contributed by atoms with van der Waals surface area (Å²) in [5, 5.41) is 3.33. The molecule has 102 valence electrons. The SMILES string of the molecule is COCCNCc1cc(-c2cccc(Cl)c2F)ns1. The third kappa shape index (κ3) is 3.73. The lowest BCUT2D eigenvalue weighted by Crippen LogP contribution is -2.17. The van der Waals surface area contributed by atoms with Crippen molar-refractivity contribution < 1.29 is 9.13 Å². The molecule has 1 N–H and O–H groups in total. The van der Waals surface area contributed by atoms with Crippen molar-refractivity contribution in [3.05, 3.63) is 40.0 Å². The molecule has 0 radical (unpaired) electrons. The first kappa shape index (κ1) is 14.4. The molecule has 2 rings (SSSR count). The third-order valence-electron chi connectivity index (χ3n) is 2.57. The molecule has 0 aliphatic carbocycles. The Hall–Kier alpha value is -1.01. The van der Waals surface area contributed by atoms with Crippen LogP contribution in [0.25, 0.3) is 11.3 Å². The number of nitrogens with zero attached hydrogens (tertiary/aromatic N) is 1. The van der Waals surface area contributed by atoms with Gasteiger partial charge in [0.05, 0.1) is 17.3 Å². The maximum Gasteiger partial charge on any atom is 0.151 e. The van der Waals surface area contributed by atoms with E-state index in [-0.39, 0.29) is 5.02 Å². The van der Waals surface area contributed by atoms with E-state index < -0.39 is 5.82 Å². The second-order valence-corrected chi connectivity index (χ2v) is 5.25. The molecule has 6 heteroatoms. The normalized spacial score (nSPS) is 10.9. The standard InChI is InChI=1S/C13H14ClFN2OS/c1-18-6-5-16-8-9-7-12(17-19-9)10-3-2-4-11(14)13(10)15/h2-4,7,16H,5-6,8H2,1H3. The van der Waals surface area contributed by atoms with Gasteiger partial charge >= 0.3 is 0 Å². The summed E-state index contributed by atoms with van der Waals surface area (Å²) in [7, 11) is 1.66. The van der Waals surface area contributed by atoms with E-state index in [0.29, 0.717) is 24.4 Å². The van der Waals surface area contributed by atoms with E-state index in [9.17, 15) is 4.39 Å². The van der Waals surface area contributed by atoms with E-state index in [4.69, 9.17) is 16.3 Å². The highest BCUT2D eigenvalue weighted by atomic mass is 35.5. The van der Waals surface area contributed by atoms with Crippen molar-refractivity contribution in [2.24, 2.45) is 0 Å². The van der Waals surface area contributed by atoms with Crippen LogP contribution in [0.4, 0.5) is 4.39 Å². The zero-order valence-electron chi connectivity index (χ0n) is 10.5. The molecule has 0 aliphatic heterocycles. The highest BCUT2D eigenvalue weighted by Crippen LogP contribution is 2.28. The molecule has 0 amide bonds. The molecule has 0 atom stereocenters. The number of ether oxygens (including phenoxy) is 1. The van der Waals surface area contributed by atoms with Crippen molar-refractivity contribution in [1.82, 2.24) is 9.69 Å². The smallest absolute Gasteiger partial charge is 0.151 e. The van der Waals surface area contributed by atoms with Crippen molar-refractivity contribution in [2.45, 2.75) is 6.54 Å². The van der Waals surface area contributed by atoms with Crippen molar-refractivity contribution in [1.29, 1.82) is 0 Å². The molecule has 0 saturated carbocycles. The molecule has 0 aliphatic rings. The van der Waals surface area contributed by atoms with Gasteiger partial charge in [0.2, 0.25) is 0 Å². The Morgan fingerprint density at radius 2 is 2.32 bits per heavy atom. The van der Waals surface area contributed by atoms with Gasteiger partial charge in [0, 0.05) is 30.6 Å². The molecule has 0 bridgehead atoms. The van der Waals surface area contributed by atoms with E-state index >= 15 is 0 Å². The summed E-state index contributed by atoms with van der Waals surface area (Å²) >= 11 is 7.12. The minimum Gasteiger partial charge on any atom is -0.383 e. The number of hydrogen-bond acceptors (Lipinski definition) is 4. The lowest BCUT2D eigenvalue weighted by Gasteiger charge is -2.01. The number of rotatable bonds is 6. The molecule has 1 heterocycles. The van der Waals surface area contributed by atoms with Crippen LogP contribution in [0.3, 0.4) is 0 Å². The van der Waals surface area contributed by atoms with Gasteiger partial charge in [-0.15, -0.1) is 0 Å². The van der Waals surface area contributed by atoms with Gasteiger partial charge in [-0.25, -0.2) is 4.39 Å². The summed E-state index contributed by atoms with van der Waals surface area (Å²) in [6.45, 7) is 2.13. The highest BCUT2D eigenvalue weighted by Gasteiger charge is 2.11. The number of aromatic nitrogens is 1. The fourth-order valence-corrected chi connectivity index (χ4v) is 2.48. The van der Waals surface area contributed by atoms with Crippen LogP contribution in [0.5, 0.6) is 0 Å². The molecule has 19 heavy (non-hydrogen) atoms. The van der Waals surface area contributed by atoms with Crippen molar-refractivity contribution in [2.75, 3.05) is 20.3 Å². The lowest BCUT2D eigenvalue weighted by molar-refractivity contribution is 0.199. The number of halogens is 2. The third-order valence-corrected chi connectivity index (χ3v) is 3.65. The Bertz CT molecular complexity index is 547. The summed E-state index contributed by atoms with van der Waals surface area (Å²) in [4.78, 5) is 1.05. The van der Waals surface area contributed by atoms with E-state index in [1.807, 2.05) is 6.07 Å². The Morgan fingerprint density at radius 3 is 3.11 bits per heavy atom. The van der Waals surface area contributed by atoms with Gasteiger partial charge in [0.25, 0.3) is 0 Å². The largest absolute Gasteiger partial charge is 0.383 e. The van der Waals surface area contributed by atoms with Crippen molar-refractivity contribution in [3.63, 3.8) is 0 Å². The predicted molar refractivity (Wildman–Crippen MR) is 76.1 cm³/mol. The number of nitrogens with one attached hydrogen (secondary N) is 1. The van der Waals surface area contributed by atoms with Crippen LogP contribution in [0.15, 0.2) is 24.3 Å². The summed E-state index contributed by atoms with van der Waals surface area (Å²) in [6, 6.07) is 6.80. The summed E-state index contributed by atoms with van der Waals surface area (Å²) in [5.74, 6) is -0.423. The van der Waals surface area contributed by atoms with Crippen LogP contribution in [0, 0.1) is 5.82 Å². The van der Waals surface area contributed by atoms with Gasteiger partial charge in [-0.05, 0) is 29.7 Å². The molecule has 3 nitrogen and oxygen atoms in total. The van der Waals surface area contributed by atoms with Gasteiger partial charge in [0.15, 0.2) is 5.82 Å². The molecule has 1 aromatic heterocycles. The number of benzene rings is 1. The van der Waals surface area contributed by atoms with Crippen LogP contribution in [0.2, 0.25) is 5.02 Å². The Kier molecular flexibility index (Phi) is 5.27. The first-order valence-electron chi connectivity index (χ1n) is 5.82. The predicted octanol–water partition coefficient (Wildman–Crippen LogP) is 3.34. The van der Waals surface area contributed by atoms with Crippen LogP contribution in [-0.4, -0.2) is 24.6 Å². The molecule has 0 spiro atoms. The van der Waals surface area contributed by atoms with Gasteiger partial charge in [-0.1, -0.05) is 17.7 Å². The fraction of sp³-hybridized carbons (Fsp3) is 0.308. The average molecular weight is 301 g/mol. The average Bonchev–Trinajstić information content (AvgIpc) is 2.87. The molecular weight excluding hydrogens is 287 g/mol. The topological polar surface area (TPSA) is 34.1 Å². The van der Waals surface area contributed by atoms with Crippen LogP contribution >= 0.6 is 23.1 Å². The molecule has 0 fully saturated rings.